The van der Waals surface area contributed by atoms with E-state index >= 15 is 0 Å². The molecule has 1 spiro atoms. The average Bonchev–Trinajstić information content (AvgIpc) is 3.03. The van der Waals surface area contributed by atoms with Crippen LogP contribution in [0, 0.1) is 0 Å². The molecule has 2 aliphatic rings. The van der Waals surface area contributed by atoms with E-state index in [1.54, 1.807) is 24.3 Å². The third-order valence-corrected chi connectivity index (χ3v) is 4.22. The Balaban J connectivity index is 1.87. The van der Waals surface area contributed by atoms with Gasteiger partial charge in [0.2, 0.25) is 5.91 Å². The predicted octanol–water partition coefficient (Wildman–Crippen LogP) is 0.973. The third-order valence-electron chi connectivity index (χ3n) is 3.69. The largest absolute Gasteiger partial charge is 0.464 e. The number of methoxy groups -OCH3 is 1. The molecule has 1 N–H and O–H groups in total. The van der Waals surface area contributed by atoms with Gasteiger partial charge in [-0.05, 0) is 24.3 Å². The second-order valence-corrected chi connectivity index (χ2v) is 6.02. The fourth-order valence-corrected chi connectivity index (χ4v) is 2.86. The fourth-order valence-electron chi connectivity index (χ4n) is 2.59. The van der Waals surface area contributed by atoms with Crippen LogP contribution >= 0.6 is 15.9 Å². The van der Waals surface area contributed by atoms with Crippen molar-refractivity contribution in [2.24, 2.45) is 5.10 Å². The Kier molecular flexibility index (Phi) is 3.48. The van der Waals surface area contributed by atoms with E-state index in [9.17, 15) is 14.4 Å². The Hall–Kier alpha value is -2.22. The van der Waals surface area contributed by atoms with Crippen LogP contribution in [0.4, 0.5) is 5.69 Å². The van der Waals surface area contributed by atoms with Crippen molar-refractivity contribution in [3.63, 3.8) is 0 Å². The number of halogens is 1. The zero-order valence-electron chi connectivity index (χ0n) is 11.6. The Labute approximate surface area is 134 Å². The van der Waals surface area contributed by atoms with Crippen molar-refractivity contribution in [1.82, 2.24) is 5.43 Å². The summed E-state index contributed by atoms with van der Waals surface area (Å²) in [6.07, 6.45) is -0.0107. The predicted molar refractivity (Wildman–Crippen MR) is 81.2 cm³/mol. The van der Waals surface area contributed by atoms with Crippen molar-refractivity contribution in [1.29, 1.82) is 0 Å². The molecule has 2 heterocycles. The minimum absolute atomic E-state index is 0.0390. The summed E-state index contributed by atoms with van der Waals surface area (Å²) in [5.41, 5.74) is 2.07. The number of nitrogens with one attached hydrogen (secondary N) is 1. The molecule has 1 aromatic carbocycles. The van der Waals surface area contributed by atoms with Gasteiger partial charge in [-0.1, -0.05) is 15.9 Å². The standard InChI is InChI=1S/C14H12BrN3O4/c1-22-12(20)10-6-14(17-16-10)7-11(19)18(13(14)21)9-4-2-8(15)3-5-9/h2-5,17H,6-7H2,1H3. The van der Waals surface area contributed by atoms with Crippen LogP contribution in [0.1, 0.15) is 12.8 Å². The van der Waals surface area contributed by atoms with Gasteiger partial charge in [0.25, 0.3) is 5.91 Å². The maximum absolute atomic E-state index is 12.7. The van der Waals surface area contributed by atoms with Crippen LogP contribution in [-0.4, -0.2) is 36.1 Å². The van der Waals surface area contributed by atoms with Crippen molar-refractivity contribution in [3.05, 3.63) is 28.7 Å². The second-order valence-electron chi connectivity index (χ2n) is 5.11. The first-order chi connectivity index (χ1) is 10.5. The highest BCUT2D eigenvalue weighted by Crippen LogP contribution is 2.34. The summed E-state index contributed by atoms with van der Waals surface area (Å²) < 4.78 is 5.45. The van der Waals surface area contributed by atoms with Gasteiger partial charge in [0, 0.05) is 10.9 Å². The van der Waals surface area contributed by atoms with Crippen molar-refractivity contribution in [3.8, 4) is 0 Å². The highest BCUT2D eigenvalue weighted by atomic mass is 79.9. The number of rotatable bonds is 2. The van der Waals surface area contributed by atoms with Crippen molar-refractivity contribution in [2.45, 2.75) is 18.4 Å². The van der Waals surface area contributed by atoms with Gasteiger partial charge in [-0.3, -0.25) is 15.0 Å². The first-order valence-corrected chi connectivity index (χ1v) is 7.31. The number of carbonyl (C=O) groups excluding carboxylic acids is 3. The van der Waals surface area contributed by atoms with E-state index in [1.807, 2.05) is 0 Å². The summed E-state index contributed by atoms with van der Waals surface area (Å²) in [4.78, 5) is 37.6. The summed E-state index contributed by atoms with van der Waals surface area (Å²) >= 11 is 3.31. The molecule has 1 atom stereocenters. The molecule has 1 fully saturated rings. The second kappa shape index (κ2) is 5.20. The van der Waals surface area contributed by atoms with Gasteiger partial charge < -0.3 is 4.74 Å². The molecule has 1 unspecified atom stereocenters. The Morgan fingerprint density at radius 3 is 2.64 bits per heavy atom. The molecule has 8 heteroatoms. The molecule has 7 nitrogen and oxygen atoms in total. The van der Waals surface area contributed by atoms with E-state index in [1.165, 1.54) is 7.11 Å². The highest BCUT2D eigenvalue weighted by molar-refractivity contribution is 9.10. The van der Waals surface area contributed by atoms with Gasteiger partial charge in [-0.25, -0.2) is 9.69 Å². The molecule has 1 aromatic rings. The van der Waals surface area contributed by atoms with E-state index < -0.39 is 17.4 Å². The van der Waals surface area contributed by atoms with Crippen LogP contribution in [0.3, 0.4) is 0 Å². The smallest absolute Gasteiger partial charge is 0.354 e. The number of benzene rings is 1. The quantitative estimate of drug-likeness (QED) is 0.623. The molecule has 0 aromatic heterocycles. The monoisotopic (exact) mass is 365 g/mol. The lowest BCUT2D eigenvalue weighted by molar-refractivity contribution is -0.132. The molecule has 2 aliphatic heterocycles. The molecule has 0 aliphatic carbocycles. The third kappa shape index (κ3) is 2.19. The number of hydrogen-bond acceptors (Lipinski definition) is 6. The Bertz CT molecular complexity index is 701. The van der Waals surface area contributed by atoms with Crippen LogP contribution in [-0.2, 0) is 19.1 Å². The van der Waals surface area contributed by atoms with Crippen LogP contribution in [0.2, 0.25) is 0 Å². The molecule has 3 rings (SSSR count). The minimum atomic E-state index is -1.19. The molecule has 0 radical (unpaired) electrons. The van der Waals surface area contributed by atoms with Gasteiger partial charge in [-0.15, -0.1) is 0 Å². The summed E-state index contributed by atoms with van der Waals surface area (Å²) in [5, 5.41) is 3.85. The van der Waals surface area contributed by atoms with E-state index in [-0.39, 0.29) is 24.5 Å². The zero-order valence-corrected chi connectivity index (χ0v) is 13.2. The normalized spacial score (nSPS) is 23.7. The molecule has 2 amide bonds. The Morgan fingerprint density at radius 2 is 2.00 bits per heavy atom. The van der Waals surface area contributed by atoms with E-state index in [2.05, 4.69) is 31.2 Å². The molecular formula is C14H12BrN3O4. The Morgan fingerprint density at radius 1 is 1.32 bits per heavy atom. The first-order valence-electron chi connectivity index (χ1n) is 6.52. The van der Waals surface area contributed by atoms with Crippen molar-refractivity contribution in [2.75, 3.05) is 12.0 Å². The molecular weight excluding hydrogens is 354 g/mol. The summed E-state index contributed by atoms with van der Waals surface area (Å²) in [7, 11) is 1.24. The lowest BCUT2D eigenvalue weighted by atomic mass is 9.93. The SMILES string of the molecule is COC(=O)C1=NNC2(CC(=O)N(c3ccc(Br)cc3)C2=O)C1. The summed E-state index contributed by atoms with van der Waals surface area (Å²) in [6, 6.07) is 6.85. The van der Waals surface area contributed by atoms with Crippen molar-refractivity contribution >= 4 is 45.1 Å². The number of nitrogens with zero attached hydrogens (tertiary/aromatic N) is 2. The highest BCUT2D eigenvalue weighted by Gasteiger charge is 2.56. The molecule has 0 saturated carbocycles. The molecule has 22 heavy (non-hydrogen) atoms. The van der Waals surface area contributed by atoms with Crippen LogP contribution in [0.15, 0.2) is 33.8 Å². The number of ether oxygens (including phenoxy) is 1. The van der Waals surface area contributed by atoms with E-state index in [4.69, 9.17) is 0 Å². The van der Waals surface area contributed by atoms with E-state index in [0.717, 1.165) is 9.37 Å². The van der Waals surface area contributed by atoms with Crippen LogP contribution in [0.25, 0.3) is 0 Å². The number of imide groups is 1. The van der Waals surface area contributed by atoms with Crippen LogP contribution in [0.5, 0.6) is 0 Å². The van der Waals surface area contributed by atoms with Crippen molar-refractivity contribution < 1.29 is 19.1 Å². The maximum Gasteiger partial charge on any atom is 0.354 e. The van der Waals surface area contributed by atoms with E-state index in [0.29, 0.717) is 5.69 Å². The molecule has 0 bridgehead atoms. The minimum Gasteiger partial charge on any atom is -0.464 e. The van der Waals surface area contributed by atoms with Gasteiger partial charge in [0.1, 0.15) is 11.3 Å². The summed E-state index contributed by atoms with van der Waals surface area (Å²) in [6.45, 7) is 0. The average molecular weight is 366 g/mol. The lowest BCUT2D eigenvalue weighted by Crippen LogP contribution is -2.47. The zero-order chi connectivity index (χ0) is 15.9. The first kappa shape index (κ1) is 14.7. The number of esters is 1. The number of amides is 2. The summed E-state index contributed by atoms with van der Waals surface area (Å²) in [5.74, 6) is -1.35. The molecule has 114 valence electrons. The lowest BCUT2D eigenvalue weighted by Gasteiger charge is -2.21. The van der Waals surface area contributed by atoms with Gasteiger partial charge >= 0.3 is 5.97 Å². The number of hydrazone groups is 1. The number of hydrogen-bond donors (Lipinski definition) is 1. The van der Waals surface area contributed by atoms with Crippen LogP contribution < -0.4 is 10.3 Å². The van der Waals surface area contributed by atoms with Gasteiger partial charge in [0.15, 0.2) is 0 Å². The number of carbonyl (C=O) groups is 3. The van der Waals surface area contributed by atoms with Gasteiger partial charge in [0.05, 0.1) is 19.2 Å². The fraction of sp³-hybridized carbons (Fsp3) is 0.286. The van der Waals surface area contributed by atoms with Gasteiger partial charge in [-0.2, -0.15) is 5.10 Å². The maximum atomic E-state index is 12.7. The topological polar surface area (TPSA) is 88.1 Å². The molecule has 1 saturated heterocycles. The number of anilines is 1.